The summed E-state index contributed by atoms with van der Waals surface area (Å²) in [6.45, 7) is 9.45. The van der Waals surface area contributed by atoms with E-state index in [9.17, 15) is 4.79 Å². The summed E-state index contributed by atoms with van der Waals surface area (Å²) in [6.07, 6.45) is 0. The van der Waals surface area contributed by atoms with Gasteiger partial charge < -0.3 is 4.74 Å². The Bertz CT molecular complexity index is 89.9. The highest BCUT2D eigenvalue weighted by molar-refractivity contribution is 5.75. The molecule has 0 aromatic carbocycles. The molecule has 2 heteroatoms. The van der Waals surface area contributed by atoms with Crippen LogP contribution >= 0.6 is 0 Å². The Kier molecular flexibility index (Phi) is 6.42. The maximum atomic E-state index is 10.6. The van der Waals surface area contributed by atoms with Gasteiger partial charge in [-0.1, -0.05) is 13.8 Å². The number of carbonyl (C=O) groups is 1. The van der Waals surface area contributed by atoms with Crippen molar-refractivity contribution in [3.05, 3.63) is 0 Å². The Labute approximate surface area is 63.6 Å². The zero-order valence-corrected chi connectivity index (χ0v) is 7.82. The summed E-state index contributed by atoms with van der Waals surface area (Å²) in [7, 11) is 1.40. The second-order valence-corrected chi connectivity index (χ2v) is 2.74. The predicted molar refractivity (Wildman–Crippen MR) is 42.8 cm³/mol. The normalized spacial score (nSPS) is 9.40. The monoisotopic (exact) mass is 146 g/mol. The van der Waals surface area contributed by atoms with Crippen molar-refractivity contribution in [3.63, 3.8) is 0 Å². The summed E-state index contributed by atoms with van der Waals surface area (Å²) in [6, 6.07) is 0. The van der Waals surface area contributed by atoms with E-state index in [1.54, 1.807) is 0 Å². The minimum atomic E-state index is -0.352. The summed E-state index contributed by atoms with van der Waals surface area (Å²) in [5.74, 6) is -0.169. The van der Waals surface area contributed by atoms with E-state index in [0.717, 1.165) is 0 Å². The average molecular weight is 146 g/mol. The van der Waals surface area contributed by atoms with E-state index < -0.39 is 0 Å². The van der Waals surface area contributed by atoms with E-state index in [2.05, 4.69) is 4.74 Å². The number of hydrogen-bond donors (Lipinski definition) is 0. The lowest BCUT2D eigenvalue weighted by Crippen LogP contribution is -2.21. The van der Waals surface area contributed by atoms with Crippen LogP contribution in [0.3, 0.4) is 0 Å². The molecule has 10 heavy (non-hydrogen) atoms. The van der Waals surface area contributed by atoms with E-state index in [4.69, 9.17) is 0 Å². The first-order valence-electron chi connectivity index (χ1n) is 3.57. The zero-order valence-electron chi connectivity index (χ0n) is 7.82. The minimum absolute atomic E-state index is 0.169. The van der Waals surface area contributed by atoms with Crippen molar-refractivity contribution in [2.75, 3.05) is 7.11 Å². The second-order valence-electron chi connectivity index (χ2n) is 2.74. The largest absolute Gasteiger partial charge is 0.469 e. The standard InChI is InChI=1S/C6H12O2.C2H6/c1-6(2,3)5(7)8-4;1-2/h1-4H3;1-2H3. The molecule has 0 N–H and O–H groups in total. The van der Waals surface area contributed by atoms with Crippen LogP contribution in [0.25, 0.3) is 0 Å². The number of hydrogen-bond acceptors (Lipinski definition) is 2. The van der Waals surface area contributed by atoms with Gasteiger partial charge in [-0.05, 0) is 20.8 Å². The summed E-state index contributed by atoms with van der Waals surface area (Å²) in [5, 5.41) is 0. The van der Waals surface area contributed by atoms with Crippen LogP contribution in [0, 0.1) is 5.41 Å². The fourth-order valence-corrected chi connectivity index (χ4v) is 0.306. The molecule has 0 bridgehead atoms. The molecule has 0 radical (unpaired) electrons. The van der Waals surface area contributed by atoms with E-state index in [1.165, 1.54) is 7.11 Å². The summed E-state index contributed by atoms with van der Waals surface area (Å²) < 4.78 is 4.48. The van der Waals surface area contributed by atoms with Crippen molar-refractivity contribution in [2.45, 2.75) is 34.6 Å². The molecule has 0 aliphatic rings. The van der Waals surface area contributed by atoms with Gasteiger partial charge in [0.15, 0.2) is 0 Å². The molecule has 0 atom stereocenters. The molecule has 0 saturated heterocycles. The van der Waals surface area contributed by atoms with Gasteiger partial charge in [0.1, 0.15) is 0 Å². The number of methoxy groups -OCH3 is 1. The smallest absolute Gasteiger partial charge is 0.310 e. The van der Waals surface area contributed by atoms with Crippen LogP contribution < -0.4 is 0 Å². The highest BCUT2D eigenvalue weighted by Gasteiger charge is 2.21. The molecule has 0 rings (SSSR count). The molecule has 0 spiro atoms. The van der Waals surface area contributed by atoms with Crippen molar-refractivity contribution in [3.8, 4) is 0 Å². The predicted octanol–water partition coefficient (Wildman–Crippen LogP) is 2.23. The molecule has 0 aliphatic carbocycles. The Hall–Kier alpha value is -0.530. The molecule has 0 amide bonds. The highest BCUT2D eigenvalue weighted by atomic mass is 16.5. The molecule has 0 fully saturated rings. The third-order valence-corrected chi connectivity index (χ3v) is 0.798. The third-order valence-electron chi connectivity index (χ3n) is 0.798. The number of carbonyl (C=O) groups excluding carboxylic acids is 1. The van der Waals surface area contributed by atoms with Gasteiger partial charge in [-0.3, -0.25) is 4.79 Å². The van der Waals surface area contributed by atoms with Crippen LogP contribution in [0.1, 0.15) is 34.6 Å². The fourth-order valence-electron chi connectivity index (χ4n) is 0.306. The van der Waals surface area contributed by atoms with Crippen LogP contribution in [0.4, 0.5) is 0 Å². The maximum Gasteiger partial charge on any atom is 0.310 e. The van der Waals surface area contributed by atoms with Crippen molar-refractivity contribution < 1.29 is 9.53 Å². The summed E-state index contributed by atoms with van der Waals surface area (Å²) in [5.41, 5.74) is -0.352. The van der Waals surface area contributed by atoms with Gasteiger partial charge in [-0.15, -0.1) is 0 Å². The Morgan fingerprint density at radius 2 is 1.50 bits per heavy atom. The molecule has 0 saturated carbocycles. The molecule has 0 aliphatic heterocycles. The van der Waals surface area contributed by atoms with E-state index in [0.29, 0.717) is 0 Å². The van der Waals surface area contributed by atoms with Crippen LogP contribution in [0.5, 0.6) is 0 Å². The molecule has 0 aromatic rings. The maximum absolute atomic E-state index is 10.6. The Morgan fingerprint density at radius 1 is 1.20 bits per heavy atom. The quantitative estimate of drug-likeness (QED) is 0.490. The van der Waals surface area contributed by atoms with Gasteiger partial charge >= 0.3 is 5.97 Å². The summed E-state index contributed by atoms with van der Waals surface area (Å²) in [4.78, 5) is 10.6. The van der Waals surface area contributed by atoms with Gasteiger partial charge in [0.25, 0.3) is 0 Å². The number of rotatable bonds is 0. The first-order valence-corrected chi connectivity index (χ1v) is 3.57. The minimum Gasteiger partial charge on any atom is -0.469 e. The van der Waals surface area contributed by atoms with Crippen molar-refractivity contribution in [1.82, 2.24) is 0 Å². The van der Waals surface area contributed by atoms with Crippen LogP contribution in [0.15, 0.2) is 0 Å². The van der Waals surface area contributed by atoms with Gasteiger partial charge in [0.05, 0.1) is 12.5 Å². The third kappa shape index (κ3) is 5.60. The lowest BCUT2D eigenvalue weighted by molar-refractivity contribution is -0.149. The van der Waals surface area contributed by atoms with Gasteiger partial charge in [-0.2, -0.15) is 0 Å². The van der Waals surface area contributed by atoms with E-state index in [1.807, 2.05) is 34.6 Å². The van der Waals surface area contributed by atoms with Gasteiger partial charge in [0, 0.05) is 0 Å². The zero-order chi connectivity index (χ0) is 8.78. The molecular weight excluding hydrogens is 128 g/mol. The Balaban J connectivity index is 0. The van der Waals surface area contributed by atoms with Gasteiger partial charge in [0.2, 0.25) is 0 Å². The lowest BCUT2D eigenvalue weighted by Gasteiger charge is -2.13. The molecule has 2 nitrogen and oxygen atoms in total. The molecule has 62 valence electrons. The van der Waals surface area contributed by atoms with Crippen LogP contribution in [0.2, 0.25) is 0 Å². The van der Waals surface area contributed by atoms with E-state index >= 15 is 0 Å². The Morgan fingerprint density at radius 3 is 1.50 bits per heavy atom. The van der Waals surface area contributed by atoms with Crippen molar-refractivity contribution >= 4 is 5.97 Å². The van der Waals surface area contributed by atoms with Crippen molar-refractivity contribution in [1.29, 1.82) is 0 Å². The topological polar surface area (TPSA) is 26.3 Å². The molecule has 0 heterocycles. The summed E-state index contributed by atoms with van der Waals surface area (Å²) >= 11 is 0. The van der Waals surface area contributed by atoms with Crippen molar-refractivity contribution in [2.24, 2.45) is 5.41 Å². The molecule has 0 unspecified atom stereocenters. The number of ether oxygens (including phenoxy) is 1. The molecule has 0 aromatic heterocycles. The lowest BCUT2D eigenvalue weighted by atomic mass is 9.98. The number of esters is 1. The first kappa shape index (κ1) is 12.2. The van der Waals surface area contributed by atoms with E-state index in [-0.39, 0.29) is 11.4 Å². The van der Waals surface area contributed by atoms with Crippen LogP contribution in [-0.2, 0) is 9.53 Å². The second kappa shape index (κ2) is 5.27. The highest BCUT2D eigenvalue weighted by Crippen LogP contribution is 2.13. The average Bonchev–Trinajstić information content (AvgIpc) is 1.89. The molecular formula is C8H18O2. The fraction of sp³-hybridized carbons (Fsp3) is 0.875. The SMILES string of the molecule is CC.COC(=O)C(C)(C)C. The first-order chi connectivity index (χ1) is 4.48. The van der Waals surface area contributed by atoms with Crippen LogP contribution in [-0.4, -0.2) is 13.1 Å². The van der Waals surface area contributed by atoms with Gasteiger partial charge in [-0.25, -0.2) is 0 Å².